The quantitative estimate of drug-likeness (QED) is 0.557. The summed E-state index contributed by atoms with van der Waals surface area (Å²) in [6.07, 6.45) is 1.64. The molecule has 2 aromatic heterocycles. The van der Waals surface area contributed by atoms with Crippen LogP contribution in [0.4, 0.5) is 8.78 Å². The van der Waals surface area contributed by atoms with Gasteiger partial charge in [-0.15, -0.1) is 0 Å². The Balaban J connectivity index is 1.85. The molecule has 0 aliphatic carbocycles. The molecule has 3 rings (SSSR count). The topological polar surface area (TPSA) is 85.1 Å². The number of aryl methyl sites for hydroxylation is 1. The Bertz CT molecular complexity index is 1020. The highest BCUT2D eigenvalue weighted by atomic mass is 19.1. The van der Waals surface area contributed by atoms with Crippen molar-refractivity contribution in [3.63, 3.8) is 0 Å². The first-order valence-corrected chi connectivity index (χ1v) is 9.49. The van der Waals surface area contributed by atoms with Crippen molar-refractivity contribution in [1.29, 1.82) is 0 Å². The highest BCUT2D eigenvalue weighted by Gasteiger charge is 2.21. The van der Waals surface area contributed by atoms with Gasteiger partial charge in [-0.05, 0) is 38.1 Å². The smallest absolute Gasteiger partial charge is 0.270 e. The van der Waals surface area contributed by atoms with E-state index in [4.69, 9.17) is 9.47 Å². The Hall–Kier alpha value is -3.04. The van der Waals surface area contributed by atoms with Crippen molar-refractivity contribution in [2.75, 3.05) is 19.8 Å². The van der Waals surface area contributed by atoms with Crippen molar-refractivity contribution in [1.82, 2.24) is 14.7 Å². The summed E-state index contributed by atoms with van der Waals surface area (Å²) in [5.41, 5.74) is 0.848. The Labute approximate surface area is 172 Å². The van der Waals surface area contributed by atoms with Crippen LogP contribution in [0, 0.1) is 18.6 Å². The first-order chi connectivity index (χ1) is 14.5. The van der Waals surface area contributed by atoms with Crippen molar-refractivity contribution in [3.8, 4) is 5.75 Å². The third-order valence-electron chi connectivity index (χ3n) is 4.52. The zero-order chi connectivity index (χ0) is 21.7. The van der Waals surface area contributed by atoms with Crippen LogP contribution in [-0.2, 0) is 11.3 Å². The van der Waals surface area contributed by atoms with Crippen LogP contribution < -0.4 is 10.1 Å². The van der Waals surface area contributed by atoms with Gasteiger partial charge < -0.3 is 19.9 Å². The molecule has 0 fully saturated rings. The summed E-state index contributed by atoms with van der Waals surface area (Å²) in [5, 5.41) is 12.2. The van der Waals surface area contributed by atoms with Gasteiger partial charge in [-0.3, -0.25) is 9.20 Å². The van der Waals surface area contributed by atoms with E-state index < -0.39 is 23.6 Å². The minimum atomic E-state index is -0.703. The van der Waals surface area contributed by atoms with Crippen molar-refractivity contribution < 1.29 is 28.2 Å². The Morgan fingerprint density at radius 1 is 1.27 bits per heavy atom. The van der Waals surface area contributed by atoms with E-state index in [9.17, 15) is 18.7 Å². The molecule has 7 nitrogen and oxygen atoms in total. The van der Waals surface area contributed by atoms with Gasteiger partial charge in [0.2, 0.25) is 0 Å². The lowest BCUT2D eigenvalue weighted by Crippen LogP contribution is -2.41. The molecular formula is C21H23F2N3O4. The van der Waals surface area contributed by atoms with Crippen LogP contribution >= 0.6 is 0 Å². The van der Waals surface area contributed by atoms with Gasteiger partial charge in [0.05, 0.1) is 30.5 Å². The largest absolute Gasteiger partial charge is 0.485 e. The molecule has 0 bridgehead atoms. The molecule has 1 atom stereocenters. The molecule has 0 saturated carbocycles. The second kappa shape index (κ2) is 9.64. The third-order valence-corrected chi connectivity index (χ3v) is 4.52. The number of carbonyl (C=O) groups is 1. The highest BCUT2D eigenvalue weighted by Crippen LogP contribution is 2.24. The van der Waals surface area contributed by atoms with Crippen LogP contribution in [0.25, 0.3) is 5.65 Å². The average molecular weight is 419 g/mol. The Kier molecular flexibility index (Phi) is 6.96. The van der Waals surface area contributed by atoms with Crippen molar-refractivity contribution in [2.24, 2.45) is 0 Å². The molecule has 0 aliphatic rings. The van der Waals surface area contributed by atoms with Crippen molar-refractivity contribution in [2.45, 2.75) is 26.5 Å². The predicted octanol–water partition coefficient (Wildman–Crippen LogP) is 2.63. The number of amides is 1. The molecule has 160 valence electrons. The van der Waals surface area contributed by atoms with Crippen LogP contribution in [0.15, 0.2) is 36.5 Å². The number of benzene rings is 1. The number of hydrogen-bond acceptors (Lipinski definition) is 5. The fourth-order valence-electron chi connectivity index (χ4n) is 3.02. The van der Waals surface area contributed by atoms with Crippen molar-refractivity contribution >= 4 is 11.6 Å². The first-order valence-electron chi connectivity index (χ1n) is 9.49. The van der Waals surface area contributed by atoms with Crippen LogP contribution in [0.1, 0.15) is 28.7 Å². The molecule has 0 saturated heterocycles. The number of nitrogens with zero attached hydrogens (tertiary/aromatic N) is 2. The van der Waals surface area contributed by atoms with Gasteiger partial charge in [0.1, 0.15) is 23.9 Å². The zero-order valence-electron chi connectivity index (χ0n) is 16.7. The molecule has 1 unspecified atom stereocenters. The summed E-state index contributed by atoms with van der Waals surface area (Å²) < 4.78 is 40.1. The Morgan fingerprint density at radius 3 is 2.67 bits per heavy atom. The van der Waals surface area contributed by atoms with E-state index in [0.29, 0.717) is 17.9 Å². The summed E-state index contributed by atoms with van der Waals surface area (Å²) in [6, 6.07) is 6.28. The summed E-state index contributed by atoms with van der Waals surface area (Å²) in [4.78, 5) is 17.2. The molecule has 0 spiro atoms. The maximum atomic E-state index is 13.9. The molecular weight excluding hydrogens is 396 g/mol. The van der Waals surface area contributed by atoms with Gasteiger partial charge in [-0.25, -0.2) is 13.8 Å². The number of rotatable bonds is 9. The van der Waals surface area contributed by atoms with E-state index in [1.807, 2.05) is 6.92 Å². The fourth-order valence-corrected chi connectivity index (χ4v) is 3.02. The number of hydrogen-bond donors (Lipinski definition) is 2. The number of fused-ring (bicyclic) bond motifs is 1. The van der Waals surface area contributed by atoms with Crippen LogP contribution in [-0.4, -0.2) is 46.3 Å². The van der Waals surface area contributed by atoms with E-state index in [1.165, 1.54) is 10.5 Å². The van der Waals surface area contributed by atoms with E-state index in [1.54, 1.807) is 25.3 Å². The molecule has 0 radical (unpaired) electrons. The second-order valence-corrected chi connectivity index (χ2v) is 6.61. The van der Waals surface area contributed by atoms with Gasteiger partial charge in [-0.2, -0.15) is 0 Å². The molecule has 1 aromatic carbocycles. The van der Waals surface area contributed by atoms with E-state index in [-0.39, 0.29) is 36.8 Å². The molecule has 30 heavy (non-hydrogen) atoms. The number of carbonyl (C=O) groups excluding carboxylic acids is 1. The van der Waals surface area contributed by atoms with Gasteiger partial charge >= 0.3 is 0 Å². The molecule has 3 aromatic rings. The molecule has 2 heterocycles. The lowest BCUT2D eigenvalue weighted by Gasteiger charge is -2.16. The first kappa shape index (κ1) is 21.7. The SMILES string of the molecule is CCOCC(CO)NC(=O)c1c(C)nc2c(OCc3c(F)cccc3F)cccn12. The lowest BCUT2D eigenvalue weighted by molar-refractivity contribution is 0.0760. The number of pyridine rings is 1. The van der Waals surface area contributed by atoms with Gasteiger partial charge in [0.25, 0.3) is 5.91 Å². The van der Waals surface area contributed by atoms with Crippen LogP contribution in [0.2, 0.25) is 0 Å². The maximum Gasteiger partial charge on any atom is 0.270 e. The fraction of sp³-hybridized carbons (Fsp3) is 0.333. The Morgan fingerprint density at radius 2 is 2.00 bits per heavy atom. The van der Waals surface area contributed by atoms with Crippen LogP contribution in [0.3, 0.4) is 0 Å². The summed E-state index contributed by atoms with van der Waals surface area (Å²) >= 11 is 0. The summed E-state index contributed by atoms with van der Waals surface area (Å²) in [7, 11) is 0. The molecule has 1 amide bonds. The monoisotopic (exact) mass is 419 g/mol. The van der Waals surface area contributed by atoms with E-state index >= 15 is 0 Å². The normalized spacial score (nSPS) is 12.2. The second-order valence-electron chi connectivity index (χ2n) is 6.61. The highest BCUT2D eigenvalue weighted by molar-refractivity contribution is 5.95. The number of aromatic nitrogens is 2. The minimum absolute atomic E-state index is 0.178. The molecule has 2 N–H and O–H groups in total. The average Bonchev–Trinajstić information content (AvgIpc) is 3.07. The number of imidazole rings is 1. The summed E-state index contributed by atoms with van der Waals surface area (Å²) in [6.45, 7) is 3.52. The summed E-state index contributed by atoms with van der Waals surface area (Å²) in [5.74, 6) is -1.57. The van der Waals surface area contributed by atoms with Gasteiger partial charge in [0, 0.05) is 12.8 Å². The van der Waals surface area contributed by atoms with Gasteiger partial charge in [-0.1, -0.05) is 6.07 Å². The number of ether oxygens (including phenoxy) is 2. The maximum absolute atomic E-state index is 13.9. The minimum Gasteiger partial charge on any atom is -0.485 e. The standard InChI is InChI=1S/C21H23F2N3O4/c1-3-29-11-14(10-27)25-21(28)19-13(2)24-20-18(8-5-9-26(19)20)30-12-15-16(22)6-4-7-17(15)23/h4-9,14,27H,3,10-12H2,1-2H3,(H,25,28). The van der Waals surface area contributed by atoms with E-state index in [2.05, 4.69) is 10.3 Å². The van der Waals surface area contributed by atoms with Gasteiger partial charge in [0.15, 0.2) is 11.4 Å². The molecule has 0 aliphatic heterocycles. The number of aliphatic hydroxyl groups excluding tert-OH is 1. The predicted molar refractivity (Wildman–Crippen MR) is 105 cm³/mol. The van der Waals surface area contributed by atoms with Crippen molar-refractivity contribution in [3.05, 3.63) is 65.1 Å². The number of aliphatic hydroxyl groups is 1. The number of nitrogens with one attached hydrogen (secondary N) is 1. The van der Waals surface area contributed by atoms with Crippen LogP contribution in [0.5, 0.6) is 5.75 Å². The lowest BCUT2D eigenvalue weighted by atomic mass is 10.2. The number of halogens is 2. The molecule has 9 heteroatoms. The van der Waals surface area contributed by atoms with E-state index in [0.717, 1.165) is 12.1 Å². The third kappa shape index (κ3) is 4.58. The zero-order valence-corrected chi connectivity index (χ0v) is 16.7.